The summed E-state index contributed by atoms with van der Waals surface area (Å²) >= 11 is 19.3. The summed E-state index contributed by atoms with van der Waals surface area (Å²) in [5, 5.41) is -0.119. The predicted molar refractivity (Wildman–Crippen MR) is 80.9 cm³/mol. The Morgan fingerprint density at radius 1 is 1.00 bits per heavy atom. The summed E-state index contributed by atoms with van der Waals surface area (Å²) in [4.78, 5) is 0. The molecule has 0 saturated carbocycles. The van der Waals surface area contributed by atoms with E-state index < -0.39 is 5.38 Å². The minimum atomic E-state index is -0.440. The number of hydrogen-bond donors (Lipinski definition) is 0. The highest BCUT2D eigenvalue weighted by Gasteiger charge is 2.17. The number of halogens is 5. The first-order chi connectivity index (χ1) is 8.49. The molecule has 0 heterocycles. The summed E-state index contributed by atoms with van der Waals surface area (Å²) in [6, 6.07) is 9.92. The maximum Gasteiger partial charge on any atom is 0.124 e. The van der Waals surface area contributed by atoms with Gasteiger partial charge in [0.25, 0.3) is 0 Å². The fourth-order valence-electron chi connectivity index (χ4n) is 1.58. The van der Waals surface area contributed by atoms with Gasteiger partial charge in [-0.1, -0.05) is 49.5 Å². The van der Waals surface area contributed by atoms with Crippen molar-refractivity contribution in [3.05, 3.63) is 67.3 Å². The molecule has 2 aromatic carbocycles. The van der Waals surface area contributed by atoms with E-state index in [1.165, 1.54) is 12.1 Å². The second kappa shape index (κ2) is 5.91. The van der Waals surface area contributed by atoms with Gasteiger partial charge in [-0.3, -0.25) is 0 Å². The van der Waals surface area contributed by atoms with E-state index in [2.05, 4.69) is 31.9 Å². The van der Waals surface area contributed by atoms with Gasteiger partial charge < -0.3 is 0 Å². The zero-order chi connectivity index (χ0) is 13.3. The second-order valence-electron chi connectivity index (χ2n) is 3.69. The Morgan fingerprint density at radius 3 is 2.39 bits per heavy atom. The fraction of sp³-hybridized carbons (Fsp3) is 0.0769. The zero-order valence-electron chi connectivity index (χ0n) is 8.93. The average molecular weight is 413 g/mol. The average Bonchev–Trinajstić information content (AvgIpc) is 2.31. The lowest BCUT2D eigenvalue weighted by atomic mass is 10.0. The third-order valence-electron chi connectivity index (χ3n) is 2.47. The van der Waals surface area contributed by atoms with Gasteiger partial charge in [0, 0.05) is 14.0 Å². The molecular formula is C13H7Br2Cl2F. The number of alkyl halides is 1. The summed E-state index contributed by atoms with van der Waals surface area (Å²) in [7, 11) is 0. The van der Waals surface area contributed by atoms with Gasteiger partial charge in [0.05, 0.1) is 5.38 Å². The van der Waals surface area contributed by atoms with E-state index in [4.69, 9.17) is 23.2 Å². The molecule has 0 aliphatic rings. The Bertz CT molecular complexity index is 587. The van der Waals surface area contributed by atoms with Crippen LogP contribution < -0.4 is 0 Å². The fourth-order valence-corrected chi connectivity index (χ4v) is 3.27. The highest BCUT2D eigenvalue weighted by molar-refractivity contribution is 9.11. The van der Waals surface area contributed by atoms with Crippen LogP contribution >= 0.6 is 55.1 Å². The molecular weight excluding hydrogens is 406 g/mol. The third-order valence-corrected chi connectivity index (χ3v) is 4.48. The van der Waals surface area contributed by atoms with E-state index >= 15 is 0 Å². The molecule has 18 heavy (non-hydrogen) atoms. The van der Waals surface area contributed by atoms with E-state index in [-0.39, 0.29) is 5.82 Å². The smallest absolute Gasteiger partial charge is 0.124 e. The minimum absolute atomic E-state index is 0.321. The standard InChI is InChI=1S/C13H7Br2Cl2F/c14-7-1-4-11(15)10(5-7)13(17)9-3-2-8(18)6-12(9)16/h1-6,13H. The number of rotatable bonds is 2. The Kier molecular flexibility index (Phi) is 4.70. The molecule has 0 nitrogen and oxygen atoms in total. The van der Waals surface area contributed by atoms with Gasteiger partial charge in [-0.25, -0.2) is 4.39 Å². The summed E-state index contributed by atoms with van der Waals surface area (Å²) in [5.74, 6) is -0.374. The molecule has 0 aliphatic carbocycles. The van der Waals surface area contributed by atoms with Crippen LogP contribution in [0.15, 0.2) is 45.3 Å². The van der Waals surface area contributed by atoms with Crippen LogP contribution in [0.1, 0.15) is 16.5 Å². The van der Waals surface area contributed by atoms with Crippen LogP contribution in [0.4, 0.5) is 4.39 Å². The summed E-state index contributed by atoms with van der Waals surface area (Å²) < 4.78 is 14.8. The SMILES string of the molecule is Fc1ccc(C(Cl)c2cc(Br)ccc2Br)c(Cl)c1. The normalized spacial score (nSPS) is 12.5. The largest absolute Gasteiger partial charge is 0.207 e. The Labute approximate surface area is 131 Å². The maximum absolute atomic E-state index is 13.0. The molecule has 0 bridgehead atoms. The first-order valence-electron chi connectivity index (χ1n) is 5.03. The van der Waals surface area contributed by atoms with Crippen LogP contribution in [0, 0.1) is 5.82 Å². The molecule has 0 amide bonds. The van der Waals surface area contributed by atoms with Gasteiger partial charge in [-0.15, -0.1) is 11.6 Å². The van der Waals surface area contributed by atoms with Crippen molar-refractivity contribution in [2.45, 2.75) is 5.38 Å². The number of benzene rings is 2. The highest BCUT2D eigenvalue weighted by atomic mass is 79.9. The van der Waals surface area contributed by atoms with Crippen LogP contribution in [0.5, 0.6) is 0 Å². The Hall–Kier alpha value is -0.0900. The van der Waals surface area contributed by atoms with E-state index in [1.807, 2.05) is 18.2 Å². The molecule has 0 radical (unpaired) electrons. The monoisotopic (exact) mass is 410 g/mol. The van der Waals surface area contributed by atoms with Crippen LogP contribution in [0.25, 0.3) is 0 Å². The van der Waals surface area contributed by atoms with E-state index in [0.29, 0.717) is 10.6 Å². The van der Waals surface area contributed by atoms with Gasteiger partial charge in [0.15, 0.2) is 0 Å². The molecule has 0 saturated heterocycles. The van der Waals surface area contributed by atoms with Gasteiger partial charge in [-0.05, 0) is 41.5 Å². The predicted octanol–water partition coefficient (Wildman–Crippen LogP) is 6.33. The van der Waals surface area contributed by atoms with Gasteiger partial charge in [0.2, 0.25) is 0 Å². The molecule has 0 spiro atoms. The molecule has 0 aromatic heterocycles. The number of hydrogen-bond acceptors (Lipinski definition) is 0. The van der Waals surface area contributed by atoms with Crippen molar-refractivity contribution in [1.82, 2.24) is 0 Å². The lowest BCUT2D eigenvalue weighted by Gasteiger charge is -2.14. The van der Waals surface area contributed by atoms with Gasteiger partial charge in [0.1, 0.15) is 5.82 Å². The van der Waals surface area contributed by atoms with Gasteiger partial charge in [-0.2, -0.15) is 0 Å². The Morgan fingerprint density at radius 2 is 1.72 bits per heavy atom. The first-order valence-corrected chi connectivity index (χ1v) is 7.43. The highest BCUT2D eigenvalue weighted by Crippen LogP contribution is 2.38. The zero-order valence-corrected chi connectivity index (χ0v) is 13.6. The molecule has 1 unspecified atom stereocenters. The minimum Gasteiger partial charge on any atom is -0.207 e. The second-order valence-corrected chi connectivity index (χ2v) is 6.31. The van der Waals surface area contributed by atoms with Crippen LogP contribution in [-0.4, -0.2) is 0 Å². The molecule has 2 aromatic rings. The quantitative estimate of drug-likeness (QED) is 0.505. The molecule has 2 rings (SSSR count). The molecule has 1 atom stereocenters. The molecule has 94 valence electrons. The van der Waals surface area contributed by atoms with Crippen molar-refractivity contribution < 1.29 is 4.39 Å². The summed E-state index contributed by atoms with van der Waals surface area (Å²) in [6.45, 7) is 0. The Balaban J connectivity index is 2.47. The lowest BCUT2D eigenvalue weighted by molar-refractivity contribution is 0.627. The molecule has 0 fully saturated rings. The lowest BCUT2D eigenvalue weighted by Crippen LogP contribution is -1.96. The summed E-state index contributed by atoms with van der Waals surface area (Å²) in [6.07, 6.45) is 0. The molecule has 0 aliphatic heterocycles. The van der Waals surface area contributed by atoms with Crippen molar-refractivity contribution in [2.75, 3.05) is 0 Å². The van der Waals surface area contributed by atoms with Crippen molar-refractivity contribution in [3.63, 3.8) is 0 Å². The van der Waals surface area contributed by atoms with Crippen molar-refractivity contribution in [3.8, 4) is 0 Å². The maximum atomic E-state index is 13.0. The van der Waals surface area contributed by atoms with Crippen molar-refractivity contribution in [1.29, 1.82) is 0 Å². The van der Waals surface area contributed by atoms with Crippen LogP contribution in [0.3, 0.4) is 0 Å². The third kappa shape index (κ3) is 3.08. The molecule has 5 heteroatoms. The van der Waals surface area contributed by atoms with Crippen LogP contribution in [0.2, 0.25) is 5.02 Å². The van der Waals surface area contributed by atoms with Crippen molar-refractivity contribution >= 4 is 55.1 Å². The first kappa shape index (κ1) is 14.3. The van der Waals surface area contributed by atoms with E-state index in [9.17, 15) is 4.39 Å². The van der Waals surface area contributed by atoms with E-state index in [1.54, 1.807) is 6.07 Å². The topological polar surface area (TPSA) is 0 Å². The van der Waals surface area contributed by atoms with E-state index in [0.717, 1.165) is 14.5 Å². The van der Waals surface area contributed by atoms with Crippen molar-refractivity contribution in [2.24, 2.45) is 0 Å². The van der Waals surface area contributed by atoms with Gasteiger partial charge >= 0.3 is 0 Å². The summed E-state index contributed by atoms with van der Waals surface area (Å²) in [5.41, 5.74) is 1.55. The molecule has 0 N–H and O–H groups in total. The van der Waals surface area contributed by atoms with Crippen LogP contribution in [-0.2, 0) is 0 Å².